The zero-order valence-electron chi connectivity index (χ0n) is 15.7. The van der Waals surface area contributed by atoms with E-state index in [-0.39, 0.29) is 23.9 Å². The Labute approximate surface area is 169 Å². The van der Waals surface area contributed by atoms with Gasteiger partial charge in [-0.25, -0.2) is 27.4 Å². The number of aromatic nitrogens is 1. The van der Waals surface area contributed by atoms with Gasteiger partial charge in [-0.05, 0) is 43.3 Å². The van der Waals surface area contributed by atoms with Gasteiger partial charge in [0.2, 0.25) is 0 Å². The van der Waals surface area contributed by atoms with Crippen LogP contribution in [0.25, 0.3) is 0 Å². The molecule has 0 saturated carbocycles. The number of para-hydroxylation sites is 1. The highest BCUT2D eigenvalue weighted by Gasteiger charge is 2.42. The topological polar surface area (TPSA) is 79.8 Å². The molecule has 0 fully saturated rings. The minimum atomic E-state index is -4.04. The first-order chi connectivity index (χ1) is 14.0. The predicted octanol–water partition coefficient (Wildman–Crippen LogP) is 3.73. The van der Waals surface area contributed by atoms with Crippen LogP contribution >= 0.6 is 0 Å². The van der Waals surface area contributed by atoms with Crippen molar-refractivity contribution in [1.29, 1.82) is 0 Å². The van der Waals surface area contributed by atoms with Crippen molar-refractivity contribution in [2.45, 2.75) is 11.8 Å². The van der Waals surface area contributed by atoms with Crippen LogP contribution in [-0.2, 0) is 10.0 Å². The summed E-state index contributed by atoms with van der Waals surface area (Å²) < 4.78 is 32.6. The minimum Gasteiger partial charge on any atom is -0.492 e. The molecule has 0 spiro atoms. The van der Waals surface area contributed by atoms with Crippen LogP contribution in [0.15, 0.2) is 77.8 Å². The molecule has 2 heterocycles. The van der Waals surface area contributed by atoms with E-state index < -0.39 is 16.1 Å². The van der Waals surface area contributed by atoms with Crippen LogP contribution in [0.1, 0.15) is 5.56 Å². The number of anilines is 2. The van der Waals surface area contributed by atoms with E-state index in [4.69, 9.17) is 4.74 Å². The normalized spacial score (nSPS) is 15.1. The number of fused-ring (bicyclic) bond motifs is 1. The molecule has 1 aliphatic rings. The lowest BCUT2D eigenvalue weighted by atomic mass is 10.2. The standard InChI is InChI=1S/C21H19N3O4S/c1-16-9-11-17(12-10-16)24-20-19(8-5-13-22-20)29(26,27)23(21(24)25)14-15-28-18-6-3-2-4-7-18/h2-13H,14-15H2,1H3. The lowest BCUT2D eigenvalue weighted by molar-refractivity contribution is 0.219. The Morgan fingerprint density at radius 2 is 1.69 bits per heavy atom. The average Bonchev–Trinajstić information content (AvgIpc) is 2.73. The zero-order valence-corrected chi connectivity index (χ0v) is 16.5. The number of pyridine rings is 1. The Balaban J connectivity index is 1.68. The van der Waals surface area contributed by atoms with Crippen LogP contribution in [0.2, 0.25) is 0 Å². The molecule has 0 radical (unpaired) electrons. The lowest BCUT2D eigenvalue weighted by Crippen LogP contribution is -2.50. The van der Waals surface area contributed by atoms with Crippen molar-refractivity contribution >= 4 is 27.6 Å². The highest BCUT2D eigenvalue weighted by atomic mass is 32.2. The first kappa shape index (κ1) is 18.9. The van der Waals surface area contributed by atoms with Crippen LogP contribution in [0.3, 0.4) is 0 Å². The van der Waals surface area contributed by atoms with Crippen LogP contribution in [0.4, 0.5) is 16.3 Å². The third kappa shape index (κ3) is 3.54. The number of aryl methyl sites for hydroxylation is 1. The molecule has 1 aromatic heterocycles. The number of hydrogen-bond donors (Lipinski definition) is 0. The Kier molecular flexibility index (Phi) is 4.94. The van der Waals surface area contributed by atoms with Gasteiger partial charge in [-0.1, -0.05) is 35.9 Å². The molecule has 7 nitrogen and oxygen atoms in total. The SMILES string of the molecule is Cc1ccc(N2C(=O)N(CCOc3ccccc3)S(=O)(=O)c3cccnc32)cc1. The quantitative estimate of drug-likeness (QED) is 0.641. The first-order valence-corrected chi connectivity index (χ1v) is 10.5. The second-order valence-corrected chi connectivity index (χ2v) is 8.35. The van der Waals surface area contributed by atoms with E-state index in [9.17, 15) is 13.2 Å². The average molecular weight is 409 g/mol. The van der Waals surface area contributed by atoms with Crippen molar-refractivity contribution in [3.63, 3.8) is 0 Å². The summed E-state index contributed by atoms with van der Waals surface area (Å²) in [5.74, 6) is 0.702. The maximum absolute atomic E-state index is 13.2. The van der Waals surface area contributed by atoms with Crippen molar-refractivity contribution in [1.82, 2.24) is 9.29 Å². The molecule has 0 saturated heterocycles. The summed E-state index contributed by atoms with van der Waals surface area (Å²) in [6, 6.07) is 18.6. The molecular weight excluding hydrogens is 390 g/mol. The fraction of sp³-hybridized carbons (Fsp3) is 0.143. The third-order valence-corrected chi connectivity index (χ3v) is 6.33. The molecule has 2 aromatic carbocycles. The van der Waals surface area contributed by atoms with Crippen LogP contribution in [0.5, 0.6) is 5.75 Å². The molecule has 1 aliphatic heterocycles. The second-order valence-electron chi connectivity index (χ2n) is 6.52. The summed E-state index contributed by atoms with van der Waals surface area (Å²) in [7, 11) is -4.04. The Bertz CT molecular complexity index is 1130. The fourth-order valence-corrected chi connectivity index (χ4v) is 4.55. The molecule has 29 heavy (non-hydrogen) atoms. The largest absolute Gasteiger partial charge is 0.492 e. The molecule has 0 bridgehead atoms. The van der Waals surface area contributed by atoms with Crippen molar-refractivity contribution < 1.29 is 17.9 Å². The molecule has 8 heteroatoms. The number of rotatable bonds is 5. The number of amides is 2. The van der Waals surface area contributed by atoms with Crippen LogP contribution in [-0.4, -0.2) is 36.9 Å². The Hall–Kier alpha value is -3.39. The number of carbonyl (C=O) groups excluding carboxylic acids is 1. The fourth-order valence-electron chi connectivity index (χ4n) is 3.08. The van der Waals surface area contributed by atoms with Gasteiger partial charge in [-0.2, -0.15) is 0 Å². The number of sulfonamides is 1. The van der Waals surface area contributed by atoms with Crippen molar-refractivity contribution in [3.8, 4) is 5.75 Å². The second kappa shape index (κ2) is 7.56. The number of carbonyl (C=O) groups is 1. The molecule has 0 atom stereocenters. The van der Waals surface area contributed by atoms with Crippen molar-refractivity contribution in [2.24, 2.45) is 0 Å². The van der Waals surface area contributed by atoms with Gasteiger partial charge in [0, 0.05) is 6.20 Å². The number of ether oxygens (including phenoxy) is 1. The highest BCUT2D eigenvalue weighted by Crippen LogP contribution is 2.37. The Morgan fingerprint density at radius 3 is 2.41 bits per heavy atom. The van der Waals surface area contributed by atoms with Crippen molar-refractivity contribution in [2.75, 3.05) is 18.1 Å². The number of benzene rings is 2. The summed E-state index contributed by atoms with van der Waals surface area (Å²) in [6.07, 6.45) is 1.47. The smallest absolute Gasteiger partial charge is 0.344 e. The van der Waals surface area contributed by atoms with Gasteiger partial charge in [-0.15, -0.1) is 0 Å². The van der Waals surface area contributed by atoms with Gasteiger partial charge in [0.25, 0.3) is 10.0 Å². The number of nitrogens with zero attached hydrogens (tertiary/aromatic N) is 3. The van der Waals surface area contributed by atoms with Gasteiger partial charge in [0.15, 0.2) is 5.82 Å². The molecule has 0 aliphatic carbocycles. The summed E-state index contributed by atoms with van der Waals surface area (Å²) >= 11 is 0. The van der Waals surface area contributed by atoms with E-state index in [0.29, 0.717) is 11.4 Å². The maximum Gasteiger partial charge on any atom is 0.344 e. The monoisotopic (exact) mass is 409 g/mol. The Morgan fingerprint density at radius 1 is 0.966 bits per heavy atom. The highest BCUT2D eigenvalue weighted by molar-refractivity contribution is 7.90. The predicted molar refractivity (Wildman–Crippen MR) is 109 cm³/mol. The molecule has 4 rings (SSSR count). The zero-order chi connectivity index (χ0) is 20.4. The molecule has 0 unspecified atom stereocenters. The van der Waals surface area contributed by atoms with Gasteiger partial charge in [-0.3, -0.25) is 0 Å². The number of hydrogen-bond acceptors (Lipinski definition) is 5. The maximum atomic E-state index is 13.2. The van der Waals surface area contributed by atoms with E-state index in [1.54, 1.807) is 24.3 Å². The summed E-state index contributed by atoms with van der Waals surface area (Å²) in [5, 5.41) is 0. The van der Waals surface area contributed by atoms with E-state index in [2.05, 4.69) is 4.98 Å². The van der Waals surface area contributed by atoms with E-state index in [1.807, 2.05) is 37.3 Å². The van der Waals surface area contributed by atoms with Crippen LogP contribution < -0.4 is 9.64 Å². The van der Waals surface area contributed by atoms with Gasteiger partial charge in [0.05, 0.1) is 12.2 Å². The third-order valence-electron chi connectivity index (χ3n) is 4.53. The van der Waals surface area contributed by atoms with Crippen LogP contribution in [0, 0.1) is 6.92 Å². The van der Waals surface area contributed by atoms with Gasteiger partial charge < -0.3 is 4.74 Å². The summed E-state index contributed by atoms with van der Waals surface area (Å²) in [5.41, 5.74) is 1.57. The molecule has 3 aromatic rings. The number of urea groups is 1. The molecular formula is C21H19N3O4S. The first-order valence-electron chi connectivity index (χ1n) is 9.05. The summed E-state index contributed by atoms with van der Waals surface area (Å²) in [6.45, 7) is 1.85. The molecule has 2 amide bonds. The van der Waals surface area contributed by atoms with Gasteiger partial charge in [0.1, 0.15) is 17.3 Å². The summed E-state index contributed by atoms with van der Waals surface area (Å²) in [4.78, 5) is 18.7. The van der Waals surface area contributed by atoms with Gasteiger partial charge >= 0.3 is 6.03 Å². The minimum absolute atomic E-state index is 0.0140. The molecule has 0 N–H and O–H groups in total. The van der Waals surface area contributed by atoms with Crippen molar-refractivity contribution in [3.05, 3.63) is 78.5 Å². The van der Waals surface area contributed by atoms with E-state index in [1.165, 1.54) is 23.2 Å². The molecule has 148 valence electrons. The van der Waals surface area contributed by atoms with E-state index in [0.717, 1.165) is 9.87 Å². The van der Waals surface area contributed by atoms with E-state index >= 15 is 0 Å². The lowest BCUT2D eigenvalue weighted by Gasteiger charge is -2.35.